The highest BCUT2D eigenvalue weighted by atomic mass is 14.8. The predicted octanol–water partition coefficient (Wildman–Crippen LogP) is 11.2. The van der Waals surface area contributed by atoms with E-state index in [1.54, 1.807) is 0 Å². The van der Waals surface area contributed by atoms with E-state index in [9.17, 15) is 0 Å². The number of nitrogens with zero attached hydrogens (tertiary/aromatic N) is 3. The molecule has 0 atom stereocenters. The molecule has 0 saturated carbocycles. The Morgan fingerprint density at radius 1 is 0.326 bits per heavy atom. The molecular formula is C43H27N3. The standard InChI is InChI=1S/C43H27N3/c1-2-10-30(11-3-1)42-43(46-40-17-9-8-16-39(40)45-42)38-25-24-34(35-14-6-7-15-36(35)38)29-20-18-28(19-21-29)31-22-23-37-33-13-5-4-12-32(33)27-44-41(37)26-31/h1-27H. The number of pyridine rings is 1. The summed E-state index contributed by atoms with van der Waals surface area (Å²) in [7, 11) is 0. The molecule has 9 aromatic rings. The van der Waals surface area contributed by atoms with Crippen LogP contribution in [0.4, 0.5) is 0 Å². The van der Waals surface area contributed by atoms with Crippen LogP contribution in [0.5, 0.6) is 0 Å². The molecular weight excluding hydrogens is 558 g/mol. The van der Waals surface area contributed by atoms with E-state index in [-0.39, 0.29) is 0 Å². The van der Waals surface area contributed by atoms with Gasteiger partial charge in [0.15, 0.2) is 0 Å². The number of rotatable bonds is 4. The zero-order valence-corrected chi connectivity index (χ0v) is 24.9. The van der Waals surface area contributed by atoms with Crippen LogP contribution in [0.25, 0.3) is 88.2 Å². The van der Waals surface area contributed by atoms with Gasteiger partial charge < -0.3 is 0 Å². The van der Waals surface area contributed by atoms with Gasteiger partial charge in [0.1, 0.15) is 0 Å². The molecule has 0 aliphatic rings. The molecule has 0 N–H and O–H groups in total. The van der Waals surface area contributed by atoms with Gasteiger partial charge in [0.05, 0.1) is 27.9 Å². The molecule has 0 amide bonds. The lowest BCUT2D eigenvalue weighted by molar-refractivity contribution is 1.30. The number of hydrogen-bond donors (Lipinski definition) is 0. The summed E-state index contributed by atoms with van der Waals surface area (Å²) >= 11 is 0. The molecule has 46 heavy (non-hydrogen) atoms. The van der Waals surface area contributed by atoms with Gasteiger partial charge in [-0.3, -0.25) is 4.98 Å². The monoisotopic (exact) mass is 585 g/mol. The van der Waals surface area contributed by atoms with Crippen molar-refractivity contribution in [1.29, 1.82) is 0 Å². The molecule has 0 fully saturated rings. The van der Waals surface area contributed by atoms with Gasteiger partial charge in [-0.15, -0.1) is 0 Å². The van der Waals surface area contributed by atoms with E-state index in [1.807, 2.05) is 36.5 Å². The Labute approximate surface area is 266 Å². The Hall–Kier alpha value is -6.19. The molecule has 9 rings (SSSR count). The van der Waals surface area contributed by atoms with Crippen LogP contribution in [-0.4, -0.2) is 15.0 Å². The molecule has 2 heterocycles. The SMILES string of the molecule is c1ccc(-c2nc3ccccc3nc2-c2ccc(-c3ccc(-c4ccc5c(c4)ncc4ccccc45)cc3)c3ccccc23)cc1. The van der Waals surface area contributed by atoms with Crippen LogP contribution in [0.15, 0.2) is 164 Å². The summed E-state index contributed by atoms with van der Waals surface area (Å²) in [6, 6.07) is 55.4. The molecule has 3 heteroatoms. The molecule has 7 aromatic carbocycles. The number of fused-ring (bicyclic) bond motifs is 5. The minimum atomic E-state index is 0.887. The minimum Gasteiger partial charge on any atom is -0.256 e. The molecule has 0 aliphatic heterocycles. The first-order chi connectivity index (χ1) is 22.8. The topological polar surface area (TPSA) is 38.7 Å². The van der Waals surface area contributed by atoms with E-state index in [0.29, 0.717) is 0 Å². The maximum Gasteiger partial charge on any atom is 0.0979 e. The average Bonchev–Trinajstić information content (AvgIpc) is 3.14. The predicted molar refractivity (Wildman–Crippen MR) is 192 cm³/mol. The van der Waals surface area contributed by atoms with E-state index in [0.717, 1.165) is 55.4 Å². The first kappa shape index (κ1) is 26.2. The summed E-state index contributed by atoms with van der Waals surface area (Å²) in [6.07, 6.45) is 1.96. The average molecular weight is 586 g/mol. The lowest BCUT2D eigenvalue weighted by Crippen LogP contribution is -1.96. The Balaban J connectivity index is 1.14. The number of benzene rings is 7. The van der Waals surface area contributed by atoms with Gasteiger partial charge in [0.2, 0.25) is 0 Å². The second kappa shape index (κ2) is 10.8. The van der Waals surface area contributed by atoms with Gasteiger partial charge in [-0.1, -0.05) is 140 Å². The van der Waals surface area contributed by atoms with Gasteiger partial charge >= 0.3 is 0 Å². The third-order valence-corrected chi connectivity index (χ3v) is 8.92. The molecule has 0 unspecified atom stereocenters. The Morgan fingerprint density at radius 3 is 1.70 bits per heavy atom. The summed E-state index contributed by atoms with van der Waals surface area (Å²) in [4.78, 5) is 15.1. The molecule has 2 aromatic heterocycles. The minimum absolute atomic E-state index is 0.887. The number of hydrogen-bond acceptors (Lipinski definition) is 3. The Bertz CT molecular complexity index is 2570. The molecule has 0 aliphatic carbocycles. The molecule has 0 spiro atoms. The normalized spacial score (nSPS) is 11.5. The van der Waals surface area contributed by atoms with Crippen LogP contribution < -0.4 is 0 Å². The van der Waals surface area contributed by atoms with Gasteiger partial charge in [0, 0.05) is 28.1 Å². The smallest absolute Gasteiger partial charge is 0.0979 e. The third-order valence-electron chi connectivity index (χ3n) is 8.92. The largest absolute Gasteiger partial charge is 0.256 e. The fraction of sp³-hybridized carbons (Fsp3) is 0. The fourth-order valence-electron chi connectivity index (χ4n) is 6.62. The highest BCUT2D eigenvalue weighted by Crippen LogP contribution is 2.39. The van der Waals surface area contributed by atoms with Crippen molar-refractivity contribution in [3.63, 3.8) is 0 Å². The van der Waals surface area contributed by atoms with Gasteiger partial charge in [-0.2, -0.15) is 0 Å². The lowest BCUT2D eigenvalue weighted by Gasteiger charge is -2.15. The van der Waals surface area contributed by atoms with Crippen molar-refractivity contribution in [3.8, 4) is 44.8 Å². The number of para-hydroxylation sites is 2. The van der Waals surface area contributed by atoms with Crippen LogP contribution in [0.1, 0.15) is 0 Å². The van der Waals surface area contributed by atoms with E-state index in [1.165, 1.54) is 32.8 Å². The highest BCUT2D eigenvalue weighted by molar-refractivity contribution is 6.08. The van der Waals surface area contributed by atoms with Crippen molar-refractivity contribution in [3.05, 3.63) is 164 Å². The van der Waals surface area contributed by atoms with Crippen molar-refractivity contribution in [2.24, 2.45) is 0 Å². The molecule has 214 valence electrons. The lowest BCUT2D eigenvalue weighted by atomic mass is 9.91. The first-order valence-corrected chi connectivity index (χ1v) is 15.5. The zero-order valence-electron chi connectivity index (χ0n) is 24.9. The second-order valence-electron chi connectivity index (χ2n) is 11.6. The van der Waals surface area contributed by atoms with E-state index < -0.39 is 0 Å². The van der Waals surface area contributed by atoms with E-state index in [2.05, 4.69) is 127 Å². The molecule has 3 nitrogen and oxygen atoms in total. The van der Waals surface area contributed by atoms with Crippen LogP contribution in [0.3, 0.4) is 0 Å². The van der Waals surface area contributed by atoms with Crippen molar-refractivity contribution >= 4 is 43.5 Å². The number of aromatic nitrogens is 3. The third kappa shape index (κ3) is 4.41. The van der Waals surface area contributed by atoms with Crippen molar-refractivity contribution in [2.75, 3.05) is 0 Å². The second-order valence-corrected chi connectivity index (χ2v) is 11.6. The summed E-state index contributed by atoms with van der Waals surface area (Å²) < 4.78 is 0. The molecule has 0 bridgehead atoms. The van der Waals surface area contributed by atoms with Crippen LogP contribution in [-0.2, 0) is 0 Å². The summed E-state index contributed by atoms with van der Waals surface area (Å²) in [6.45, 7) is 0. The van der Waals surface area contributed by atoms with Gasteiger partial charge in [0.25, 0.3) is 0 Å². The van der Waals surface area contributed by atoms with Crippen molar-refractivity contribution < 1.29 is 0 Å². The maximum absolute atomic E-state index is 5.19. The summed E-state index contributed by atoms with van der Waals surface area (Å²) in [5, 5.41) is 5.91. The molecule has 0 radical (unpaired) electrons. The van der Waals surface area contributed by atoms with E-state index >= 15 is 0 Å². The summed E-state index contributed by atoms with van der Waals surface area (Å²) in [5.74, 6) is 0. The van der Waals surface area contributed by atoms with Crippen LogP contribution in [0.2, 0.25) is 0 Å². The van der Waals surface area contributed by atoms with Gasteiger partial charge in [-0.25, -0.2) is 9.97 Å². The van der Waals surface area contributed by atoms with E-state index in [4.69, 9.17) is 15.0 Å². The maximum atomic E-state index is 5.19. The Kier molecular flexibility index (Phi) is 6.14. The van der Waals surface area contributed by atoms with Crippen LogP contribution >= 0.6 is 0 Å². The molecule has 0 saturated heterocycles. The zero-order chi connectivity index (χ0) is 30.5. The van der Waals surface area contributed by atoms with Crippen LogP contribution in [0, 0.1) is 0 Å². The van der Waals surface area contributed by atoms with Crippen molar-refractivity contribution in [2.45, 2.75) is 0 Å². The van der Waals surface area contributed by atoms with Gasteiger partial charge in [-0.05, 0) is 56.6 Å². The Morgan fingerprint density at radius 2 is 0.913 bits per heavy atom. The summed E-state index contributed by atoms with van der Waals surface area (Å²) in [5.41, 5.74) is 11.4. The quantitative estimate of drug-likeness (QED) is 0.193. The van der Waals surface area contributed by atoms with Crippen molar-refractivity contribution in [1.82, 2.24) is 15.0 Å². The highest BCUT2D eigenvalue weighted by Gasteiger charge is 2.17. The first-order valence-electron chi connectivity index (χ1n) is 15.5. The fourth-order valence-corrected chi connectivity index (χ4v) is 6.62.